The monoisotopic (exact) mass is 581 g/mol. The summed E-state index contributed by atoms with van der Waals surface area (Å²) >= 11 is 1.70. The predicted octanol–water partition coefficient (Wildman–Crippen LogP) is 9.21. The average Bonchev–Trinajstić information content (AvgIpc) is 3.37. The van der Waals surface area contributed by atoms with E-state index in [0.29, 0.717) is 31.9 Å². The minimum Gasteiger partial charge on any atom is -0.491 e. The highest BCUT2D eigenvalue weighted by Gasteiger charge is 2.18. The van der Waals surface area contributed by atoms with Crippen LogP contribution in [0.5, 0.6) is 5.75 Å². The van der Waals surface area contributed by atoms with Crippen LogP contribution in [0, 0.1) is 12.7 Å². The summed E-state index contributed by atoms with van der Waals surface area (Å²) in [5.41, 5.74) is 4.93. The quantitative estimate of drug-likeness (QED) is 0.0984. The molecule has 0 saturated heterocycles. The van der Waals surface area contributed by atoms with Gasteiger partial charge in [0.1, 0.15) is 0 Å². The molecule has 0 aliphatic carbocycles. The minimum absolute atomic E-state index is 0.0215. The highest BCUT2D eigenvalue weighted by Crippen LogP contribution is 2.23. The number of hydrogen-bond donors (Lipinski definition) is 0. The fraction of sp³-hybridized carbons (Fsp3) is 0.543. The first-order chi connectivity index (χ1) is 20.0. The van der Waals surface area contributed by atoms with Crippen LogP contribution in [0.25, 0.3) is 0 Å². The summed E-state index contributed by atoms with van der Waals surface area (Å²) in [4.78, 5) is 15.7. The summed E-state index contributed by atoms with van der Waals surface area (Å²) in [7, 11) is 0. The van der Waals surface area contributed by atoms with Crippen molar-refractivity contribution >= 4 is 22.9 Å². The lowest BCUT2D eigenvalue weighted by Gasteiger charge is -2.23. The molecule has 4 nitrogen and oxygen atoms in total. The van der Waals surface area contributed by atoms with Crippen molar-refractivity contribution in [3.63, 3.8) is 0 Å². The molecule has 6 heteroatoms. The van der Waals surface area contributed by atoms with E-state index in [1.807, 2.05) is 24.3 Å². The predicted molar refractivity (Wildman–Crippen MR) is 169 cm³/mol. The Bertz CT molecular complexity index is 1180. The van der Waals surface area contributed by atoms with Gasteiger partial charge in [-0.25, -0.2) is 4.39 Å². The number of hydrogen-bond acceptors (Lipinski definition) is 3. The SMILES string of the molecule is CCCCCCCCCCCCCCOc1ccc(CCN(C(C)=O)c2ccccc2C[n+]2csc(C)c2)cc1F. The molecule has 1 heterocycles. The van der Waals surface area contributed by atoms with Gasteiger partial charge in [-0.2, -0.15) is 4.57 Å². The Kier molecular flexibility index (Phi) is 14.9. The number of ether oxygens (including phenoxy) is 1. The van der Waals surface area contributed by atoms with Gasteiger partial charge in [-0.1, -0.05) is 113 Å². The van der Waals surface area contributed by atoms with Crippen LogP contribution in [0.3, 0.4) is 0 Å². The molecule has 0 spiro atoms. The molecule has 0 atom stereocenters. The standard InChI is InChI=1S/C35H50FN2O2S/c1-4-5-6-7-8-9-10-11-12-13-14-17-24-40-35-21-20-31(25-33(35)36)22-23-38(30(3)39)34-19-16-15-18-32(34)27-37-26-29(2)41-28-37/h15-16,18-21,25-26,28H,4-14,17,22-24,27H2,1-3H3/q+1. The van der Waals surface area contributed by atoms with Gasteiger partial charge < -0.3 is 9.64 Å². The molecule has 1 aromatic heterocycles. The average molecular weight is 582 g/mol. The molecule has 3 aromatic rings. The molecule has 224 valence electrons. The zero-order valence-electron chi connectivity index (χ0n) is 25.5. The van der Waals surface area contributed by atoms with Crippen LogP contribution in [-0.4, -0.2) is 19.1 Å². The maximum atomic E-state index is 14.8. The van der Waals surface area contributed by atoms with E-state index in [4.69, 9.17) is 4.74 Å². The van der Waals surface area contributed by atoms with Crippen LogP contribution in [0.1, 0.15) is 107 Å². The number of unbranched alkanes of at least 4 members (excludes halogenated alkanes) is 11. The van der Waals surface area contributed by atoms with E-state index >= 15 is 0 Å². The van der Waals surface area contributed by atoms with Gasteiger partial charge in [0.25, 0.3) is 0 Å². The number of anilines is 1. The number of carbonyl (C=O) groups excluding carboxylic acids is 1. The number of amides is 1. The molecule has 2 aromatic carbocycles. The number of rotatable bonds is 20. The number of para-hydroxylation sites is 1. The number of nitrogens with zero attached hydrogens (tertiary/aromatic N) is 2. The first-order valence-corrected chi connectivity index (χ1v) is 16.6. The first-order valence-electron chi connectivity index (χ1n) is 15.7. The molecule has 1 amide bonds. The molecule has 41 heavy (non-hydrogen) atoms. The fourth-order valence-electron chi connectivity index (χ4n) is 5.26. The van der Waals surface area contributed by atoms with Gasteiger partial charge >= 0.3 is 0 Å². The van der Waals surface area contributed by atoms with Crippen LogP contribution in [0.15, 0.2) is 54.2 Å². The Balaban J connectivity index is 1.39. The van der Waals surface area contributed by atoms with E-state index in [1.54, 1.807) is 35.3 Å². The third-order valence-electron chi connectivity index (χ3n) is 7.61. The Morgan fingerprint density at radius 3 is 2.20 bits per heavy atom. The van der Waals surface area contributed by atoms with Crippen molar-refractivity contribution in [3.05, 3.63) is 76.0 Å². The largest absolute Gasteiger partial charge is 0.491 e. The van der Waals surface area contributed by atoms with Crippen molar-refractivity contribution in [3.8, 4) is 5.75 Å². The van der Waals surface area contributed by atoms with Gasteiger partial charge in [0.05, 0.1) is 17.2 Å². The Hall–Kier alpha value is -2.73. The molecule has 0 aliphatic heterocycles. The van der Waals surface area contributed by atoms with Gasteiger partial charge in [0, 0.05) is 19.0 Å². The van der Waals surface area contributed by atoms with Crippen molar-refractivity contribution < 1.29 is 18.5 Å². The zero-order valence-corrected chi connectivity index (χ0v) is 26.3. The van der Waals surface area contributed by atoms with Gasteiger partial charge in [-0.05, 0) is 43.5 Å². The van der Waals surface area contributed by atoms with Crippen LogP contribution >= 0.6 is 11.3 Å². The molecule has 0 unspecified atom stereocenters. The fourth-order valence-corrected chi connectivity index (χ4v) is 5.90. The summed E-state index contributed by atoms with van der Waals surface area (Å²) in [6.45, 7) is 7.67. The maximum Gasteiger partial charge on any atom is 0.225 e. The van der Waals surface area contributed by atoms with Gasteiger partial charge in [-0.15, -0.1) is 0 Å². The second kappa shape index (κ2) is 18.7. The number of aromatic nitrogens is 1. The van der Waals surface area contributed by atoms with Crippen LogP contribution in [0.4, 0.5) is 10.1 Å². The van der Waals surface area contributed by atoms with Gasteiger partial charge in [0.15, 0.2) is 24.3 Å². The lowest BCUT2D eigenvalue weighted by Crippen LogP contribution is -2.35. The molecule has 0 aliphatic rings. The smallest absolute Gasteiger partial charge is 0.225 e. The van der Waals surface area contributed by atoms with E-state index < -0.39 is 0 Å². The van der Waals surface area contributed by atoms with E-state index in [0.717, 1.165) is 29.7 Å². The number of halogens is 1. The van der Waals surface area contributed by atoms with Crippen LogP contribution in [-0.2, 0) is 17.8 Å². The third-order valence-corrected chi connectivity index (χ3v) is 8.47. The number of aryl methyl sites for hydroxylation is 1. The van der Waals surface area contributed by atoms with Crippen molar-refractivity contribution in [2.75, 3.05) is 18.1 Å². The van der Waals surface area contributed by atoms with Crippen molar-refractivity contribution in [1.29, 1.82) is 0 Å². The summed E-state index contributed by atoms with van der Waals surface area (Å²) in [5.74, 6) is -0.0408. The van der Waals surface area contributed by atoms with Crippen molar-refractivity contribution in [2.24, 2.45) is 0 Å². The Labute approximate surface area is 251 Å². The van der Waals surface area contributed by atoms with Gasteiger partial charge in [0.2, 0.25) is 11.4 Å². The summed E-state index contributed by atoms with van der Waals surface area (Å²) in [6.07, 6.45) is 18.2. The molecule has 3 rings (SSSR count). The van der Waals surface area contributed by atoms with Crippen molar-refractivity contribution in [1.82, 2.24) is 0 Å². The maximum absolute atomic E-state index is 14.8. The summed E-state index contributed by atoms with van der Waals surface area (Å²) in [5, 5.41) is 0. The molecule has 0 fully saturated rings. The zero-order chi connectivity index (χ0) is 29.3. The minimum atomic E-state index is -0.333. The molecular weight excluding hydrogens is 531 g/mol. The summed E-state index contributed by atoms with van der Waals surface area (Å²) < 4.78 is 22.7. The number of thiazole rings is 1. The lowest BCUT2D eigenvalue weighted by atomic mass is 10.1. The lowest BCUT2D eigenvalue weighted by molar-refractivity contribution is -0.683. The van der Waals surface area contributed by atoms with Crippen molar-refractivity contribution in [2.45, 2.75) is 111 Å². The molecule has 0 saturated carbocycles. The second-order valence-electron chi connectivity index (χ2n) is 11.2. The highest BCUT2D eigenvalue weighted by atomic mass is 32.1. The van der Waals surface area contributed by atoms with Crippen LogP contribution in [0.2, 0.25) is 0 Å². The summed E-state index contributed by atoms with van der Waals surface area (Å²) in [6, 6.07) is 13.2. The molecule has 0 radical (unpaired) electrons. The Morgan fingerprint density at radius 1 is 0.927 bits per heavy atom. The second-order valence-corrected chi connectivity index (χ2v) is 12.3. The molecular formula is C35H50FN2O2S+. The third kappa shape index (κ3) is 12.0. The first kappa shape index (κ1) is 32.8. The van der Waals surface area contributed by atoms with Gasteiger partial charge in [-0.3, -0.25) is 4.79 Å². The highest BCUT2D eigenvalue weighted by molar-refractivity contribution is 7.09. The van der Waals surface area contributed by atoms with E-state index in [9.17, 15) is 9.18 Å². The topological polar surface area (TPSA) is 33.4 Å². The van der Waals surface area contributed by atoms with E-state index in [1.165, 1.54) is 69.1 Å². The van der Waals surface area contributed by atoms with E-state index in [2.05, 4.69) is 36.2 Å². The van der Waals surface area contributed by atoms with Crippen LogP contribution < -0.4 is 14.2 Å². The number of benzene rings is 2. The number of carbonyl (C=O) groups is 1. The Morgan fingerprint density at radius 2 is 1.59 bits per heavy atom. The normalized spacial score (nSPS) is 11.1. The molecule has 0 bridgehead atoms. The van der Waals surface area contributed by atoms with E-state index in [-0.39, 0.29) is 11.7 Å². The molecule has 0 N–H and O–H groups in total.